The Balaban J connectivity index is 2.32. The van der Waals surface area contributed by atoms with E-state index in [1.165, 1.54) is 23.3 Å². The quantitative estimate of drug-likeness (QED) is 0.731. The standard InChI is InChI=1S/C16H22FNO/c1-13(10-11-19)4-3-5-14(2)12-18-16-8-6-15(17)7-9-16/h5-10,18-19H,3-4,11-12H2,1-2H3. The maximum absolute atomic E-state index is 12.7. The number of hydrogen-bond donors (Lipinski definition) is 2. The predicted octanol–water partition coefficient (Wildman–Crippen LogP) is 3.90. The van der Waals surface area contributed by atoms with Crippen molar-refractivity contribution in [3.8, 4) is 0 Å². The Kier molecular flexibility index (Phi) is 6.90. The van der Waals surface area contributed by atoms with Gasteiger partial charge in [0.1, 0.15) is 5.82 Å². The number of halogens is 1. The molecule has 2 nitrogen and oxygen atoms in total. The maximum atomic E-state index is 12.7. The average molecular weight is 263 g/mol. The Morgan fingerprint density at radius 3 is 2.47 bits per heavy atom. The van der Waals surface area contributed by atoms with Gasteiger partial charge in [-0.1, -0.05) is 23.3 Å². The fourth-order valence-electron chi connectivity index (χ4n) is 1.69. The smallest absolute Gasteiger partial charge is 0.123 e. The molecule has 0 aromatic heterocycles. The molecule has 0 aliphatic heterocycles. The summed E-state index contributed by atoms with van der Waals surface area (Å²) >= 11 is 0. The largest absolute Gasteiger partial charge is 0.392 e. The summed E-state index contributed by atoms with van der Waals surface area (Å²) in [4.78, 5) is 0. The van der Waals surface area contributed by atoms with E-state index in [-0.39, 0.29) is 12.4 Å². The zero-order valence-corrected chi connectivity index (χ0v) is 11.6. The first kappa shape index (κ1) is 15.4. The van der Waals surface area contributed by atoms with Crippen molar-refractivity contribution in [2.45, 2.75) is 26.7 Å². The summed E-state index contributed by atoms with van der Waals surface area (Å²) in [6.45, 7) is 4.97. The molecule has 0 saturated heterocycles. The molecule has 104 valence electrons. The van der Waals surface area contributed by atoms with Crippen LogP contribution in [0.2, 0.25) is 0 Å². The van der Waals surface area contributed by atoms with Crippen LogP contribution in [-0.2, 0) is 0 Å². The van der Waals surface area contributed by atoms with Gasteiger partial charge in [0.2, 0.25) is 0 Å². The molecular formula is C16H22FNO. The monoisotopic (exact) mass is 263 g/mol. The molecule has 0 spiro atoms. The lowest BCUT2D eigenvalue weighted by Gasteiger charge is -2.07. The predicted molar refractivity (Wildman–Crippen MR) is 78.7 cm³/mol. The van der Waals surface area contributed by atoms with Crippen LogP contribution in [0, 0.1) is 5.82 Å². The molecule has 0 fully saturated rings. The summed E-state index contributed by atoms with van der Waals surface area (Å²) < 4.78 is 12.7. The highest BCUT2D eigenvalue weighted by molar-refractivity contribution is 5.43. The van der Waals surface area contributed by atoms with Gasteiger partial charge in [-0.3, -0.25) is 0 Å². The Morgan fingerprint density at radius 2 is 1.84 bits per heavy atom. The first-order chi connectivity index (χ1) is 9.11. The SMILES string of the molecule is CC(=CCO)CCC=C(C)CNc1ccc(F)cc1. The second-order valence-corrected chi connectivity index (χ2v) is 4.68. The van der Waals surface area contributed by atoms with Crippen LogP contribution in [-0.4, -0.2) is 18.3 Å². The van der Waals surface area contributed by atoms with Crippen molar-refractivity contribution in [3.05, 3.63) is 53.4 Å². The minimum atomic E-state index is -0.219. The van der Waals surface area contributed by atoms with Crippen LogP contribution in [0.4, 0.5) is 10.1 Å². The minimum absolute atomic E-state index is 0.112. The lowest BCUT2D eigenvalue weighted by molar-refractivity contribution is 0.341. The molecule has 3 heteroatoms. The number of aliphatic hydroxyl groups excluding tert-OH is 1. The van der Waals surface area contributed by atoms with Crippen molar-refractivity contribution in [3.63, 3.8) is 0 Å². The van der Waals surface area contributed by atoms with Crippen molar-refractivity contribution in [1.29, 1.82) is 0 Å². The van der Waals surface area contributed by atoms with Crippen LogP contribution < -0.4 is 5.32 Å². The fourth-order valence-corrected chi connectivity index (χ4v) is 1.69. The maximum Gasteiger partial charge on any atom is 0.123 e. The molecule has 2 N–H and O–H groups in total. The highest BCUT2D eigenvalue weighted by atomic mass is 19.1. The molecule has 0 heterocycles. The summed E-state index contributed by atoms with van der Waals surface area (Å²) in [7, 11) is 0. The van der Waals surface area contributed by atoms with E-state index in [1.54, 1.807) is 12.1 Å². The van der Waals surface area contributed by atoms with Crippen molar-refractivity contribution >= 4 is 5.69 Å². The third-order valence-corrected chi connectivity index (χ3v) is 2.89. The first-order valence-electron chi connectivity index (χ1n) is 6.53. The van der Waals surface area contributed by atoms with Gasteiger partial charge in [0.25, 0.3) is 0 Å². The molecule has 1 rings (SSSR count). The van der Waals surface area contributed by atoms with Gasteiger partial charge in [-0.05, 0) is 51.0 Å². The lowest BCUT2D eigenvalue weighted by Crippen LogP contribution is -2.02. The highest BCUT2D eigenvalue weighted by Crippen LogP contribution is 2.10. The van der Waals surface area contributed by atoms with Gasteiger partial charge >= 0.3 is 0 Å². The van der Waals surface area contributed by atoms with Crippen LogP contribution in [0.3, 0.4) is 0 Å². The Labute approximate surface area is 114 Å². The molecule has 0 amide bonds. The summed E-state index contributed by atoms with van der Waals surface area (Å²) in [5, 5.41) is 12.0. The van der Waals surface area contributed by atoms with E-state index >= 15 is 0 Å². The molecule has 1 aromatic rings. The van der Waals surface area contributed by atoms with Crippen LogP contribution in [0.5, 0.6) is 0 Å². The molecule has 0 saturated carbocycles. The number of aliphatic hydroxyl groups is 1. The normalized spacial score (nSPS) is 12.6. The summed E-state index contributed by atoms with van der Waals surface area (Å²) in [6.07, 6.45) is 5.96. The molecule has 0 bridgehead atoms. The third kappa shape index (κ3) is 6.77. The summed E-state index contributed by atoms with van der Waals surface area (Å²) in [5.41, 5.74) is 3.38. The van der Waals surface area contributed by atoms with Crippen LogP contribution >= 0.6 is 0 Å². The molecule has 0 radical (unpaired) electrons. The van der Waals surface area contributed by atoms with Gasteiger partial charge in [0.05, 0.1) is 6.61 Å². The van der Waals surface area contributed by atoms with Gasteiger partial charge in [-0.15, -0.1) is 0 Å². The molecular weight excluding hydrogens is 241 g/mol. The van der Waals surface area contributed by atoms with Gasteiger partial charge in [0, 0.05) is 12.2 Å². The van der Waals surface area contributed by atoms with E-state index in [9.17, 15) is 4.39 Å². The van der Waals surface area contributed by atoms with Crippen LogP contribution in [0.25, 0.3) is 0 Å². The summed E-state index contributed by atoms with van der Waals surface area (Å²) in [5.74, 6) is -0.219. The Hall–Kier alpha value is -1.61. The fraction of sp³-hybridized carbons (Fsp3) is 0.375. The molecule has 19 heavy (non-hydrogen) atoms. The van der Waals surface area contributed by atoms with Gasteiger partial charge in [-0.2, -0.15) is 0 Å². The Morgan fingerprint density at radius 1 is 1.16 bits per heavy atom. The van der Waals surface area contributed by atoms with E-state index < -0.39 is 0 Å². The van der Waals surface area contributed by atoms with Crippen molar-refractivity contribution in [2.75, 3.05) is 18.5 Å². The second kappa shape index (κ2) is 8.48. The van der Waals surface area contributed by atoms with Crippen molar-refractivity contribution < 1.29 is 9.50 Å². The zero-order chi connectivity index (χ0) is 14.1. The molecule has 0 atom stereocenters. The zero-order valence-electron chi connectivity index (χ0n) is 11.6. The molecule has 0 unspecified atom stereocenters. The molecule has 0 aliphatic rings. The number of anilines is 1. The second-order valence-electron chi connectivity index (χ2n) is 4.68. The van der Waals surface area contributed by atoms with Crippen molar-refractivity contribution in [2.24, 2.45) is 0 Å². The minimum Gasteiger partial charge on any atom is -0.392 e. The van der Waals surface area contributed by atoms with Gasteiger partial charge in [0.15, 0.2) is 0 Å². The lowest BCUT2D eigenvalue weighted by atomic mass is 10.1. The molecule has 1 aromatic carbocycles. The third-order valence-electron chi connectivity index (χ3n) is 2.89. The topological polar surface area (TPSA) is 32.3 Å². The summed E-state index contributed by atoms with van der Waals surface area (Å²) in [6, 6.07) is 6.36. The van der Waals surface area contributed by atoms with Crippen LogP contribution in [0.15, 0.2) is 47.6 Å². The number of nitrogens with one attached hydrogen (secondary N) is 1. The number of allylic oxidation sites excluding steroid dienone is 2. The van der Waals surface area contributed by atoms with E-state index in [0.29, 0.717) is 0 Å². The molecule has 0 aliphatic carbocycles. The first-order valence-corrected chi connectivity index (χ1v) is 6.53. The van der Waals surface area contributed by atoms with E-state index in [1.807, 2.05) is 13.0 Å². The van der Waals surface area contributed by atoms with E-state index in [2.05, 4.69) is 18.3 Å². The average Bonchev–Trinajstić information content (AvgIpc) is 2.38. The number of rotatable bonds is 7. The number of benzene rings is 1. The van der Waals surface area contributed by atoms with Gasteiger partial charge in [-0.25, -0.2) is 4.39 Å². The van der Waals surface area contributed by atoms with Crippen LogP contribution in [0.1, 0.15) is 26.7 Å². The Bertz CT molecular complexity index is 435. The van der Waals surface area contributed by atoms with E-state index in [4.69, 9.17) is 5.11 Å². The highest BCUT2D eigenvalue weighted by Gasteiger charge is 1.94. The van der Waals surface area contributed by atoms with E-state index in [0.717, 1.165) is 25.1 Å². The number of hydrogen-bond acceptors (Lipinski definition) is 2. The van der Waals surface area contributed by atoms with Crippen molar-refractivity contribution in [1.82, 2.24) is 0 Å². The van der Waals surface area contributed by atoms with Gasteiger partial charge < -0.3 is 10.4 Å².